The van der Waals surface area contributed by atoms with Gasteiger partial charge in [-0.3, -0.25) is 0 Å². The van der Waals surface area contributed by atoms with Crippen LogP contribution in [0.15, 0.2) is 12.5 Å². The number of imidazole rings is 1. The minimum Gasteiger partial charge on any atom is -0.477 e. The van der Waals surface area contributed by atoms with E-state index in [-0.39, 0.29) is 5.69 Å². The molecule has 5 heteroatoms. The van der Waals surface area contributed by atoms with Gasteiger partial charge in [-0.05, 0) is 0 Å². The lowest BCUT2D eigenvalue weighted by Crippen LogP contribution is -2.13. The van der Waals surface area contributed by atoms with E-state index in [2.05, 4.69) is 4.98 Å². The van der Waals surface area contributed by atoms with Crippen molar-refractivity contribution in [2.24, 2.45) is 5.73 Å². The Morgan fingerprint density at radius 2 is 2.55 bits per heavy atom. The number of nitrogens with two attached hydrogens (primary N) is 1. The quantitative estimate of drug-likeness (QED) is 0.618. The Kier molecular flexibility index (Phi) is 2.22. The zero-order valence-corrected chi connectivity index (χ0v) is 5.90. The normalized spacial score (nSPS) is 9.91. The molecule has 0 bridgehead atoms. The number of nitrogens with zero attached hydrogens (tertiary/aromatic N) is 2. The number of carboxylic acids is 1. The molecule has 1 aromatic heterocycles. The predicted molar refractivity (Wildman–Crippen MR) is 38.2 cm³/mol. The van der Waals surface area contributed by atoms with Gasteiger partial charge in [-0.25, -0.2) is 9.78 Å². The number of aromatic nitrogens is 2. The highest BCUT2D eigenvalue weighted by atomic mass is 16.4. The first-order valence-corrected chi connectivity index (χ1v) is 3.19. The van der Waals surface area contributed by atoms with E-state index in [1.807, 2.05) is 0 Å². The molecule has 60 valence electrons. The molecular weight excluding hydrogens is 146 g/mol. The number of carboxylic acid groups (broad SMARTS) is 1. The number of rotatable bonds is 3. The molecule has 11 heavy (non-hydrogen) atoms. The zero-order chi connectivity index (χ0) is 8.27. The molecular formula is C6H9N3O2. The van der Waals surface area contributed by atoms with Gasteiger partial charge in [0.05, 0.1) is 12.5 Å². The fourth-order valence-corrected chi connectivity index (χ4v) is 0.816. The van der Waals surface area contributed by atoms with Gasteiger partial charge in [0.15, 0.2) is 0 Å². The van der Waals surface area contributed by atoms with Crippen molar-refractivity contribution >= 4 is 5.97 Å². The number of hydrogen-bond donors (Lipinski definition) is 2. The van der Waals surface area contributed by atoms with E-state index >= 15 is 0 Å². The third-order valence-corrected chi connectivity index (χ3v) is 1.30. The Morgan fingerprint density at radius 1 is 1.82 bits per heavy atom. The van der Waals surface area contributed by atoms with Gasteiger partial charge in [-0.2, -0.15) is 0 Å². The molecule has 0 fully saturated rings. The van der Waals surface area contributed by atoms with Crippen molar-refractivity contribution in [2.75, 3.05) is 6.54 Å². The average molecular weight is 155 g/mol. The Balaban J connectivity index is 2.87. The van der Waals surface area contributed by atoms with Crippen LogP contribution >= 0.6 is 0 Å². The first-order valence-electron chi connectivity index (χ1n) is 3.19. The highest BCUT2D eigenvalue weighted by Crippen LogP contribution is 1.97. The van der Waals surface area contributed by atoms with Crippen LogP contribution < -0.4 is 5.73 Å². The highest BCUT2D eigenvalue weighted by molar-refractivity contribution is 5.85. The van der Waals surface area contributed by atoms with Gasteiger partial charge in [0.2, 0.25) is 0 Å². The second kappa shape index (κ2) is 3.16. The molecule has 0 saturated carbocycles. The molecule has 0 saturated heterocycles. The van der Waals surface area contributed by atoms with E-state index in [1.165, 1.54) is 17.1 Å². The van der Waals surface area contributed by atoms with Crippen molar-refractivity contribution < 1.29 is 9.90 Å². The summed E-state index contributed by atoms with van der Waals surface area (Å²) >= 11 is 0. The molecule has 5 nitrogen and oxygen atoms in total. The van der Waals surface area contributed by atoms with Crippen LogP contribution in [0.2, 0.25) is 0 Å². The number of aromatic carboxylic acids is 1. The molecule has 3 N–H and O–H groups in total. The molecule has 1 aromatic rings. The summed E-state index contributed by atoms with van der Waals surface area (Å²) in [4.78, 5) is 14.1. The Hall–Kier alpha value is -1.36. The van der Waals surface area contributed by atoms with Gasteiger partial charge < -0.3 is 15.4 Å². The smallest absolute Gasteiger partial charge is 0.354 e. The van der Waals surface area contributed by atoms with Crippen molar-refractivity contribution in [3.8, 4) is 0 Å². The average Bonchev–Trinajstić information content (AvgIpc) is 2.36. The summed E-state index contributed by atoms with van der Waals surface area (Å²) in [5.74, 6) is -0.976. The van der Waals surface area contributed by atoms with Crippen molar-refractivity contribution in [2.45, 2.75) is 6.54 Å². The van der Waals surface area contributed by atoms with Crippen LogP contribution in [0, 0.1) is 0 Å². The van der Waals surface area contributed by atoms with Crippen LogP contribution in [0.4, 0.5) is 0 Å². The van der Waals surface area contributed by atoms with Gasteiger partial charge in [-0.1, -0.05) is 0 Å². The monoisotopic (exact) mass is 155 g/mol. The maximum atomic E-state index is 10.5. The minimum absolute atomic E-state index is 0.176. The molecule has 0 atom stereocenters. The third-order valence-electron chi connectivity index (χ3n) is 1.30. The van der Waals surface area contributed by atoms with Gasteiger partial charge >= 0.3 is 5.97 Å². The molecule has 0 aliphatic carbocycles. The van der Waals surface area contributed by atoms with Crippen LogP contribution in [0.1, 0.15) is 10.5 Å². The third kappa shape index (κ3) is 1.56. The van der Waals surface area contributed by atoms with E-state index in [0.29, 0.717) is 13.1 Å². The number of carbonyl (C=O) groups is 1. The van der Waals surface area contributed by atoms with Gasteiger partial charge in [0.1, 0.15) is 5.69 Å². The fraction of sp³-hybridized carbons (Fsp3) is 0.333. The molecule has 0 aromatic carbocycles. The topological polar surface area (TPSA) is 81.1 Å². The maximum Gasteiger partial charge on any atom is 0.354 e. The van der Waals surface area contributed by atoms with Crippen molar-refractivity contribution in [1.29, 1.82) is 0 Å². The van der Waals surface area contributed by atoms with E-state index < -0.39 is 5.97 Å². The maximum absolute atomic E-state index is 10.5. The standard InChI is InChI=1S/C6H9N3O2/c7-1-2-9-4-8-3-5(9)6(10)11/h3-4H,1-2,7H2,(H,10,11). The van der Waals surface area contributed by atoms with Crippen LogP contribution in [-0.2, 0) is 6.54 Å². The van der Waals surface area contributed by atoms with Crippen LogP contribution in [-0.4, -0.2) is 27.2 Å². The summed E-state index contributed by atoms with van der Waals surface area (Å²) in [6.07, 6.45) is 2.76. The fourth-order valence-electron chi connectivity index (χ4n) is 0.816. The highest BCUT2D eigenvalue weighted by Gasteiger charge is 2.07. The van der Waals surface area contributed by atoms with Crippen LogP contribution in [0.25, 0.3) is 0 Å². The van der Waals surface area contributed by atoms with Gasteiger partial charge in [0.25, 0.3) is 0 Å². The largest absolute Gasteiger partial charge is 0.477 e. The Labute approximate surface area is 63.5 Å². The second-order valence-corrected chi connectivity index (χ2v) is 2.07. The summed E-state index contributed by atoms with van der Waals surface area (Å²) in [6.45, 7) is 0.901. The molecule has 0 amide bonds. The second-order valence-electron chi connectivity index (χ2n) is 2.07. The summed E-state index contributed by atoms with van der Waals surface area (Å²) < 4.78 is 1.50. The zero-order valence-electron chi connectivity index (χ0n) is 5.90. The summed E-state index contributed by atoms with van der Waals surface area (Å²) in [5, 5.41) is 8.58. The van der Waals surface area contributed by atoms with E-state index in [0.717, 1.165) is 0 Å². The lowest BCUT2D eigenvalue weighted by Gasteiger charge is -2.00. The van der Waals surface area contributed by atoms with Crippen LogP contribution in [0.3, 0.4) is 0 Å². The van der Waals surface area contributed by atoms with E-state index in [9.17, 15) is 4.79 Å². The summed E-state index contributed by atoms with van der Waals surface area (Å²) in [5.41, 5.74) is 5.42. The van der Waals surface area contributed by atoms with Crippen molar-refractivity contribution in [1.82, 2.24) is 9.55 Å². The Bertz CT molecular complexity index is 256. The first kappa shape index (κ1) is 7.74. The van der Waals surface area contributed by atoms with Crippen molar-refractivity contribution in [3.05, 3.63) is 18.2 Å². The molecule has 0 unspecified atom stereocenters. The van der Waals surface area contributed by atoms with Crippen molar-refractivity contribution in [3.63, 3.8) is 0 Å². The lowest BCUT2D eigenvalue weighted by atomic mass is 10.4. The number of hydrogen-bond acceptors (Lipinski definition) is 3. The molecule has 0 radical (unpaired) electrons. The van der Waals surface area contributed by atoms with Gasteiger partial charge in [0, 0.05) is 13.1 Å². The van der Waals surface area contributed by atoms with Crippen LogP contribution in [0.5, 0.6) is 0 Å². The predicted octanol–water partition coefficient (Wildman–Crippen LogP) is -0.460. The van der Waals surface area contributed by atoms with Gasteiger partial charge in [-0.15, -0.1) is 0 Å². The first-order chi connectivity index (χ1) is 5.25. The summed E-state index contributed by atoms with van der Waals surface area (Å²) in [7, 11) is 0. The minimum atomic E-state index is -0.976. The molecule has 1 heterocycles. The summed E-state index contributed by atoms with van der Waals surface area (Å²) in [6, 6.07) is 0. The molecule has 0 aliphatic rings. The Morgan fingerprint density at radius 3 is 3.09 bits per heavy atom. The molecule has 1 rings (SSSR count). The van der Waals surface area contributed by atoms with E-state index in [4.69, 9.17) is 10.8 Å². The lowest BCUT2D eigenvalue weighted by molar-refractivity contribution is 0.0685. The molecule has 0 spiro atoms. The van der Waals surface area contributed by atoms with E-state index in [1.54, 1.807) is 0 Å². The SMILES string of the molecule is NCCn1cncc1C(=O)O. The molecule has 0 aliphatic heterocycles.